The fraction of sp³-hybridized carbons (Fsp3) is 0.200. The highest BCUT2D eigenvalue weighted by molar-refractivity contribution is 6.01. The van der Waals surface area contributed by atoms with E-state index in [1.807, 2.05) is 24.3 Å². The average molecular weight is 319 g/mol. The van der Waals surface area contributed by atoms with Crippen LogP contribution in [0.5, 0.6) is 0 Å². The Bertz CT molecular complexity index is 855. The number of rotatable bonds is 3. The number of carbonyl (C=O) groups excluding carboxylic acids is 2. The first-order chi connectivity index (χ1) is 11.7. The number of carbonyl (C=O) groups is 2. The summed E-state index contributed by atoms with van der Waals surface area (Å²) in [6.07, 6.45) is 9.57. The predicted molar refractivity (Wildman–Crippen MR) is 93.7 cm³/mol. The Morgan fingerprint density at radius 1 is 1.21 bits per heavy atom. The zero-order valence-corrected chi connectivity index (χ0v) is 13.2. The second-order valence-electron chi connectivity index (χ2n) is 5.54. The predicted octanol–water partition coefficient (Wildman–Crippen LogP) is 2.51. The van der Waals surface area contributed by atoms with E-state index in [1.165, 1.54) is 0 Å². The molecule has 1 heterocycles. The maximum absolute atomic E-state index is 12.1. The zero-order chi connectivity index (χ0) is 16.9. The van der Waals surface area contributed by atoms with E-state index in [-0.39, 0.29) is 5.91 Å². The van der Waals surface area contributed by atoms with Gasteiger partial charge < -0.3 is 9.64 Å². The minimum atomic E-state index is -0.0188. The van der Waals surface area contributed by atoms with Crippen molar-refractivity contribution in [1.29, 1.82) is 0 Å². The smallest absolute Gasteiger partial charge is 0.246 e. The van der Waals surface area contributed by atoms with E-state index in [0.29, 0.717) is 37.4 Å². The molecule has 0 spiro atoms. The summed E-state index contributed by atoms with van der Waals surface area (Å²) in [6, 6.07) is 9.32. The number of benzene rings is 2. The first-order valence-corrected chi connectivity index (χ1v) is 7.76. The molecule has 0 N–H and O–H groups in total. The molecule has 0 unspecified atom stereocenters. The highest BCUT2D eigenvalue weighted by Crippen LogP contribution is 2.23. The van der Waals surface area contributed by atoms with Gasteiger partial charge in [0.15, 0.2) is 6.29 Å². The van der Waals surface area contributed by atoms with Crippen LogP contribution in [0.3, 0.4) is 0 Å². The molecule has 4 nitrogen and oxygen atoms in total. The summed E-state index contributed by atoms with van der Waals surface area (Å²) >= 11 is 0. The number of hydrogen-bond acceptors (Lipinski definition) is 3. The van der Waals surface area contributed by atoms with E-state index in [4.69, 9.17) is 11.2 Å². The molecule has 0 radical (unpaired) electrons. The van der Waals surface area contributed by atoms with Gasteiger partial charge in [-0.05, 0) is 34.5 Å². The Balaban J connectivity index is 1.86. The van der Waals surface area contributed by atoms with Crippen molar-refractivity contribution in [1.82, 2.24) is 4.90 Å². The van der Waals surface area contributed by atoms with Gasteiger partial charge in [0.25, 0.3) is 0 Å². The van der Waals surface area contributed by atoms with Gasteiger partial charge in [-0.2, -0.15) is 0 Å². The summed E-state index contributed by atoms with van der Waals surface area (Å²) in [6.45, 7) is 2.42. The van der Waals surface area contributed by atoms with Crippen LogP contribution in [0.1, 0.15) is 21.5 Å². The van der Waals surface area contributed by atoms with Crippen molar-refractivity contribution in [2.24, 2.45) is 0 Å². The monoisotopic (exact) mass is 319 g/mol. The van der Waals surface area contributed by atoms with Crippen molar-refractivity contribution in [2.75, 3.05) is 26.3 Å². The molecule has 0 aliphatic carbocycles. The molecule has 0 bridgehead atoms. The minimum absolute atomic E-state index is 0.0188. The number of hydrogen-bond donors (Lipinski definition) is 0. The summed E-state index contributed by atoms with van der Waals surface area (Å²) in [5.74, 6) is 2.51. The molecule has 2 aromatic carbocycles. The van der Waals surface area contributed by atoms with Crippen LogP contribution in [-0.4, -0.2) is 43.4 Å². The van der Waals surface area contributed by atoms with E-state index in [0.717, 1.165) is 22.6 Å². The lowest BCUT2D eigenvalue weighted by molar-refractivity contribution is -0.129. The van der Waals surface area contributed by atoms with Gasteiger partial charge in [0.05, 0.1) is 13.2 Å². The Labute approximate surface area is 140 Å². The average Bonchev–Trinajstić information content (AvgIpc) is 2.65. The zero-order valence-electron chi connectivity index (χ0n) is 13.2. The SMILES string of the molecule is C#Cc1ccc2cc(/C=C/C(=O)N3CCOCC3)ccc2c1C=O. The van der Waals surface area contributed by atoms with Crippen molar-refractivity contribution >= 4 is 29.0 Å². The van der Waals surface area contributed by atoms with Gasteiger partial charge in [-0.1, -0.05) is 24.1 Å². The molecule has 24 heavy (non-hydrogen) atoms. The molecule has 1 aliphatic rings. The quantitative estimate of drug-likeness (QED) is 0.496. The Hall–Kier alpha value is -2.90. The van der Waals surface area contributed by atoms with E-state index >= 15 is 0 Å². The van der Waals surface area contributed by atoms with Crippen molar-refractivity contribution in [3.05, 3.63) is 53.1 Å². The molecular formula is C20H17NO3. The number of fused-ring (bicyclic) bond motifs is 1. The van der Waals surface area contributed by atoms with Crippen LogP contribution in [-0.2, 0) is 9.53 Å². The maximum atomic E-state index is 12.1. The first-order valence-electron chi connectivity index (χ1n) is 7.76. The van der Waals surface area contributed by atoms with E-state index in [1.54, 1.807) is 23.1 Å². The van der Waals surface area contributed by atoms with Crippen LogP contribution in [0, 0.1) is 12.3 Å². The van der Waals surface area contributed by atoms with Gasteiger partial charge in [-0.15, -0.1) is 6.42 Å². The van der Waals surface area contributed by atoms with E-state index in [9.17, 15) is 9.59 Å². The van der Waals surface area contributed by atoms with E-state index in [2.05, 4.69) is 5.92 Å². The Morgan fingerprint density at radius 2 is 2.00 bits per heavy atom. The molecule has 1 aliphatic heterocycles. The molecular weight excluding hydrogens is 302 g/mol. The molecule has 0 atom stereocenters. The highest BCUT2D eigenvalue weighted by atomic mass is 16.5. The third-order valence-corrected chi connectivity index (χ3v) is 4.10. The van der Waals surface area contributed by atoms with Crippen molar-refractivity contribution in [3.63, 3.8) is 0 Å². The lowest BCUT2D eigenvalue weighted by atomic mass is 9.98. The van der Waals surface area contributed by atoms with Crippen LogP contribution in [0.15, 0.2) is 36.4 Å². The maximum Gasteiger partial charge on any atom is 0.246 e. The second-order valence-corrected chi connectivity index (χ2v) is 5.54. The summed E-state index contributed by atoms with van der Waals surface area (Å²) < 4.78 is 5.24. The van der Waals surface area contributed by atoms with Gasteiger partial charge in [0, 0.05) is 30.3 Å². The number of amides is 1. The molecule has 0 aromatic heterocycles. The Kier molecular flexibility index (Phi) is 4.74. The summed E-state index contributed by atoms with van der Waals surface area (Å²) in [5, 5.41) is 1.73. The molecule has 4 heteroatoms. The molecule has 1 saturated heterocycles. The fourth-order valence-electron chi connectivity index (χ4n) is 2.79. The largest absolute Gasteiger partial charge is 0.378 e. The van der Waals surface area contributed by atoms with Crippen LogP contribution in [0.2, 0.25) is 0 Å². The summed E-state index contributed by atoms with van der Waals surface area (Å²) in [4.78, 5) is 25.2. The van der Waals surface area contributed by atoms with Gasteiger partial charge in [-0.3, -0.25) is 9.59 Å². The van der Waals surface area contributed by atoms with Crippen molar-refractivity contribution in [2.45, 2.75) is 0 Å². The minimum Gasteiger partial charge on any atom is -0.378 e. The topological polar surface area (TPSA) is 46.6 Å². The van der Waals surface area contributed by atoms with E-state index < -0.39 is 0 Å². The second kappa shape index (κ2) is 7.12. The van der Waals surface area contributed by atoms with Crippen LogP contribution >= 0.6 is 0 Å². The fourth-order valence-corrected chi connectivity index (χ4v) is 2.79. The van der Waals surface area contributed by atoms with Gasteiger partial charge in [0.2, 0.25) is 5.91 Å². The molecule has 1 fully saturated rings. The van der Waals surface area contributed by atoms with Crippen molar-refractivity contribution < 1.29 is 14.3 Å². The van der Waals surface area contributed by atoms with Gasteiger partial charge in [0.1, 0.15) is 0 Å². The van der Waals surface area contributed by atoms with Gasteiger partial charge in [-0.25, -0.2) is 0 Å². The number of aldehydes is 1. The van der Waals surface area contributed by atoms with Crippen LogP contribution in [0.25, 0.3) is 16.8 Å². The molecule has 120 valence electrons. The highest BCUT2D eigenvalue weighted by Gasteiger charge is 2.14. The number of terminal acetylenes is 1. The Morgan fingerprint density at radius 3 is 2.71 bits per heavy atom. The van der Waals surface area contributed by atoms with Crippen molar-refractivity contribution in [3.8, 4) is 12.3 Å². The summed E-state index contributed by atoms with van der Waals surface area (Å²) in [7, 11) is 0. The molecule has 0 saturated carbocycles. The lowest BCUT2D eigenvalue weighted by Crippen LogP contribution is -2.39. The molecule has 2 aromatic rings. The van der Waals surface area contributed by atoms with Crippen LogP contribution < -0.4 is 0 Å². The van der Waals surface area contributed by atoms with Crippen LogP contribution in [0.4, 0.5) is 0 Å². The first kappa shape index (κ1) is 16.0. The third-order valence-electron chi connectivity index (χ3n) is 4.10. The number of morpholine rings is 1. The standard InChI is InChI=1S/C20H17NO3/c1-2-16-5-6-17-13-15(3-7-18(17)19(16)14-22)4-8-20(23)21-9-11-24-12-10-21/h1,3-8,13-14H,9-12H2/b8-4+. The number of ether oxygens (including phenoxy) is 1. The third kappa shape index (κ3) is 3.22. The molecule has 1 amide bonds. The number of nitrogens with zero attached hydrogens (tertiary/aromatic N) is 1. The summed E-state index contributed by atoms with van der Waals surface area (Å²) in [5.41, 5.74) is 2.01. The molecule has 3 rings (SSSR count). The lowest BCUT2D eigenvalue weighted by Gasteiger charge is -2.25. The van der Waals surface area contributed by atoms with Gasteiger partial charge >= 0.3 is 0 Å². The normalized spacial score (nSPS) is 14.7.